The minimum absolute atomic E-state index is 0.245. The number of nitrogens with zero attached hydrogens (tertiary/aromatic N) is 2. The average Bonchev–Trinajstić information content (AvgIpc) is 2.46. The van der Waals surface area contributed by atoms with E-state index >= 15 is 0 Å². The third kappa shape index (κ3) is 3.29. The van der Waals surface area contributed by atoms with Crippen molar-refractivity contribution in [3.63, 3.8) is 0 Å². The van der Waals surface area contributed by atoms with Gasteiger partial charge in [-0.05, 0) is 37.9 Å². The van der Waals surface area contributed by atoms with Crippen LogP contribution in [0.1, 0.15) is 25.7 Å². The number of Topliss-reactive ketones (excluding diaryl/α,β-unsaturated/α-hetero) is 1. The molecule has 0 amide bonds. The molecule has 98 valence electrons. The van der Waals surface area contributed by atoms with Crippen molar-refractivity contribution in [2.45, 2.75) is 25.7 Å². The van der Waals surface area contributed by atoms with Crippen molar-refractivity contribution in [2.75, 3.05) is 24.5 Å². The molecule has 0 saturated carbocycles. The topological polar surface area (TPSA) is 59.2 Å². The number of ketones is 1. The third-order valence-corrected chi connectivity index (χ3v) is 3.61. The van der Waals surface area contributed by atoms with Crippen LogP contribution in [0.3, 0.4) is 0 Å². The molecule has 1 saturated heterocycles. The zero-order valence-electron chi connectivity index (χ0n) is 10.7. The monoisotopic (exact) mass is 247 g/mol. The number of carbonyl (C=O) groups excluding carboxylic acids is 1. The summed E-state index contributed by atoms with van der Waals surface area (Å²) in [6.45, 7) is 2.54. The van der Waals surface area contributed by atoms with Crippen LogP contribution in [0, 0.1) is 5.92 Å². The predicted molar refractivity (Wildman–Crippen MR) is 72.5 cm³/mol. The number of aromatic nitrogens is 1. The van der Waals surface area contributed by atoms with Gasteiger partial charge in [-0.1, -0.05) is 0 Å². The average molecular weight is 247 g/mol. The number of pyridine rings is 1. The number of anilines is 1. The molecule has 1 aromatic heterocycles. The van der Waals surface area contributed by atoms with E-state index in [9.17, 15) is 4.79 Å². The van der Waals surface area contributed by atoms with Gasteiger partial charge in [-0.15, -0.1) is 0 Å². The molecule has 18 heavy (non-hydrogen) atoms. The summed E-state index contributed by atoms with van der Waals surface area (Å²) >= 11 is 0. The van der Waals surface area contributed by atoms with Gasteiger partial charge in [0.15, 0.2) is 0 Å². The Labute approximate surface area is 108 Å². The smallest absolute Gasteiger partial charge is 0.136 e. The van der Waals surface area contributed by atoms with Crippen molar-refractivity contribution in [1.82, 2.24) is 4.98 Å². The lowest BCUT2D eigenvalue weighted by molar-refractivity contribution is -0.123. The predicted octanol–water partition coefficient (Wildman–Crippen LogP) is 1.61. The molecule has 0 spiro atoms. The van der Waals surface area contributed by atoms with Crippen molar-refractivity contribution in [2.24, 2.45) is 11.7 Å². The van der Waals surface area contributed by atoms with E-state index in [1.54, 1.807) is 0 Å². The van der Waals surface area contributed by atoms with Crippen LogP contribution in [-0.2, 0) is 4.79 Å². The Balaban J connectivity index is 1.83. The van der Waals surface area contributed by atoms with Gasteiger partial charge in [-0.25, -0.2) is 0 Å². The van der Waals surface area contributed by atoms with E-state index in [0.29, 0.717) is 18.7 Å². The molecule has 0 aromatic carbocycles. The maximum atomic E-state index is 11.9. The van der Waals surface area contributed by atoms with Gasteiger partial charge in [0.25, 0.3) is 0 Å². The fraction of sp³-hybridized carbons (Fsp3) is 0.571. The second-order valence-corrected chi connectivity index (χ2v) is 4.83. The van der Waals surface area contributed by atoms with Crippen LogP contribution in [-0.4, -0.2) is 30.4 Å². The summed E-state index contributed by atoms with van der Waals surface area (Å²) in [5.74, 6) is 0.643. The standard InChI is InChI=1S/C14H21N3O/c15-7-1-2-14(18)12-5-10-17(11-6-12)13-3-8-16-9-4-13/h3-4,8-9,12H,1-2,5-7,10-11,15H2. The summed E-state index contributed by atoms with van der Waals surface area (Å²) in [6.07, 6.45) is 7.03. The first-order valence-electron chi connectivity index (χ1n) is 6.69. The Hall–Kier alpha value is -1.42. The first kappa shape index (κ1) is 13.0. The second kappa shape index (κ2) is 6.50. The Kier molecular flexibility index (Phi) is 4.70. The highest BCUT2D eigenvalue weighted by atomic mass is 16.1. The van der Waals surface area contributed by atoms with Crippen molar-refractivity contribution in [3.05, 3.63) is 24.5 Å². The maximum Gasteiger partial charge on any atom is 0.136 e. The van der Waals surface area contributed by atoms with Crippen molar-refractivity contribution < 1.29 is 4.79 Å². The molecule has 2 heterocycles. The Morgan fingerprint density at radius 3 is 2.61 bits per heavy atom. The lowest BCUT2D eigenvalue weighted by Crippen LogP contribution is -2.36. The summed E-state index contributed by atoms with van der Waals surface area (Å²) in [5.41, 5.74) is 6.64. The van der Waals surface area contributed by atoms with E-state index in [4.69, 9.17) is 5.73 Å². The summed E-state index contributed by atoms with van der Waals surface area (Å²) < 4.78 is 0. The van der Waals surface area contributed by atoms with E-state index in [1.165, 1.54) is 5.69 Å². The number of hydrogen-bond acceptors (Lipinski definition) is 4. The van der Waals surface area contributed by atoms with Crippen LogP contribution in [0.25, 0.3) is 0 Å². The van der Waals surface area contributed by atoms with Gasteiger partial charge in [0.1, 0.15) is 5.78 Å². The molecular formula is C14H21N3O. The molecule has 2 N–H and O–H groups in total. The van der Waals surface area contributed by atoms with E-state index < -0.39 is 0 Å². The van der Waals surface area contributed by atoms with Crippen LogP contribution in [0.15, 0.2) is 24.5 Å². The lowest BCUT2D eigenvalue weighted by atomic mass is 9.90. The molecule has 0 aliphatic carbocycles. The first-order valence-corrected chi connectivity index (χ1v) is 6.69. The lowest BCUT2D eigenvalue weighted by Gasteiger charge is -2.32. The fourth-order valence-electron chi connectivity index (χ4n) is 2.49. The van der Waals surface area contributed by atoms with Crippen LogP contribution >= 0.6 is 0 Å². The SMILES string of the molecule is NCCCC(=O)C1CCN(c2ccncc2)CC1. The first-order chi connectivity index (χ1) is 8.81. The van der Waals surface area contributed by atoms with E-state index in [0.717, 1.165) is 32.4 Å². The van der Waals surface area contributed by atoms with Crippen molar-refractivity contribution in [3.8, 4) is 0 Å². The zero-order chi connectivity index (χ0) is 12.8. The highest BCUT2D eigenvalue weighted by molar-refractivity contribution is 5.81. The quantitative estimate of drug-likeness (QED) is 0.858. The van der Waals surface area contributed by atoms with Crippen LogP contribution < -0.4 is 10.6 Å². The normalized spacial score (nSPS) is 16.8. The molecule has 0 unspecified atom stereocenters. The van der Waals surface area contributed by atoms with Gasteiger partial charge in [0.2, 0.25) is 0 Å². The summed E-state index contributed by atoms with van der Waals surface area (Å²) in [4.78, 5) is 18.3. The Morgan fingerprint density at radius 2 is 2.00 bits per heavy atom. The van der Waals surface area contributed by atoms with Crippen LogP contribution in [0.2, 0.25) is 0 Å². The van der Waals surface area contributed by atoms with E-state index in [2.05, 4.69) is 9.88 Å². The van der Waals surface area contributed by atoms with Gasteiger partial charge in [0, 0.05) is 43.5 Å². The highest BCUT2D eigenvalue weighted by Crippen LogP contribution is 2.24. The molecule has 4 heteroatoms. The second-order valence-electron chi connectivity index (χ2n) is 4.83. The van der Waals surface area contributed by atoms with Gasteiger partial charge in [-0.2, -0.15) is 0 Å². The van der Waals surface area contributed by atoms with Crippen LogP contribution in [0.5, 0.6) is 0 Å². The number of hydrogen-bond donors (Lipinski definition) is 1. The van der Waals surface area contributed by atoms with E-state index in [-0.39, 0.29) is 5.92 Å². The minimum atomic E-state index is 0.245. The molecule has 1 aliphatic heterocycles. The largest absolute Gasteiger partial charge is 0.371 e. The molecule has 4 nitrogen and oxygen atoms in total. The molecular weight excluding hydrogens is 226 g/mol. The van der Waals surface area contributed by atoms with Crippen molar-refractivity contribution in [1.29, 1.82) is 0 Å². The molecule has 1 fully saturated rings. The summed E-state index contributed by atoms with van der Waals surface area (Å²) in [5, 5.41) is 0. The van der Waals surface area contributed by atoms with Gasteiger partial charge in [0.05, 0.1) is 0 Å². The number of nitrogens with two attached hydrogens (primary N) is 1. The minimum Gasteiger partial charge on any atom is -0.371 e. The number of rotatable bonds is 5. The molecule has 0 radical (unpaired) electrons. The van der Waals surface area contributed by atoms with Gasteiger partial charge in [-0.3, -0.25) is 9.78 Å². The van der Waals surface area contributed by atoms with E-state index in [1.807, 2.05) is 24.5 Å². The van der Waals surface area contributed by atoms with Gasteiger partial charge < -0.3 is 10.6 Å². The molecule has 0 atom stereocenters. The fourth-order valence-corrected chi connectivity index (χ4v) is 2.49. The summed E-state index contributed by atoms with van der Waals surface area (Å²) in [7, 11) is 0. The summed E-state index contributed by atoms with van der Waals surface area (Å²) in [6, 6.07) is 4.05. The molecule has 0 bridgehead atoms. The highest BCUT2D eigenvalue weighted by Gasteiger charge is 2.24. The Morgan fingerprint density at radius 1 is 1.33 bits per heavy atom. The number of piperidine rings is 1. The van der Waals surface area contributed by atoms with Gasteiger partial charge >= 0.3 is 0 Å². The molecule has 1 aromatic rings. The van der Waals surface area contributed by atoms with Crippen molar-refractivity contribution >= 4 is 11.5 Å². The number of carbonyl (C=O) groups is 1. The zero-order valence-corrected chi connectivity index (χ0v) is 10.7. The third-order valence-electron chi connectivity index (χ3n) is 3.61. The maximum absolute atomic E-state index is 11.9. The Bertz CT molecular complexity index is 372. The van der Waals surface area contributed by atoms with Crippen LogP contribution in [0.4, 0.5) is 5.69 Å². The molecule has 2 rings (SSSR count). The molecule has 1 aliphatic rings.